The highest BCUT2D eigenvalue weighted by atomic mass is 15.6. The topological polar surface area (TPSA) is 30.3 Å². The number of hydrogen-bond acceptors (Lipinski definition) is 3. The van der Waals surface area contributed by atoms with E-state index in [0.717, 1.165) is 29.7 Å². The molecule has 0 fully saturated rings. The zero-order chi connectivity index (χ0) is 16.2. The largest absolute Gasteiger partial charge is 0.379 e. The van der Waals surface area contributed by atoms with Crippen molar-refractivity contribution in [2.75, 3.05) is 17.0 Å². The maximum Gasteiger partial charge on any atom is 0.379 e. The predicted octanol–water partition coefficient (Wildman–Crippen LogP) is 3.78. The van der Waals surface area contributed by atoms with Crippen LogP contribution in [-0.2, 0) is 0 Å². The fourth-order valence-corrected chi connectivity index (χ4v) is 2.76. The molecule has 0 saturated carbocycles. The normalized spacial score (nSPS) is 13.8. The van der Waals surface area contributed by atoms with Crippen molar-refractivity contribution in [2.24, 2.45) is 0 Å². The quantitative estimate of drug-likeness (QED) is 0.721. The van der Waals surface area contributed by atoms with Crippen molar-refractivity contribution in [3.05, 3.63) is 91.0 Å². The Kier molecular flexibility index (Phi) is 3.86. The van der Waals surface area contributed by atoms with E-state index in [1.165, 1.54) is 0 Å². The standard InChI is InChI=1S/C20H18N4/c1-4-10-17(11-5-1)21-20-22-24(19-14-8-3-9-15-19)16-23(20)18-12-6-2-7-13-18/h1-15H,16H2,(H,21,22)/p+1. The van der Waals surface area contributed by atoms with Crippen LogP contribution in [0.15, 0.2) is 91.0 Å². The SMILES string of the molecule is c1ccc(NC2=[N+](c3ccccc3)CN(c3ccccc3)N2)cc1. The van der Waals surface area contributed by atoms with Crippen LogP contribution in [0.3, 0.4) is 0 Å². The molecule has 0 bridgehead atoms. The number of hydrogen-bond donors (Lipinski definition) is 2. The van der Waals surface area contributed by atoms with Crippen LogP contribution in [0.2, 0.25) is 0 Å². The van der Waals surface area contributed by atoms with Gasteiger partial charge in [-0.3, -0.25) is 0 Å². The molecule has 4 nitrogen and oxygen atoms in total. The van der Waals surface area contributed by atoms with E-state index in [9.17, 15) is 0 Å². The highest BCUT2D eigenvalue weighted by Crippen LogP contribution is 2.20. The lowest BCUT2D eigenvalue weighted by Crippen LogP contribution is -2.39. The average Bonchev–Trinajstić information content (AvgIpc) is 3.08. The maximum absolute atomic E-state index is 3.48. The minimum absolute atomic E-state index is 0.725. The lowest BCUT2D eigenvalue weighted by Gasteiger charge is -2.13. The van der Waals surface area contributed by atoms with E-state index in [4.69, 9.17) is 0 Å². The summed E-state index contributed by atoms with van der Waals surface area (Å²) in [5.74, 6) is 0.941. The van der Waals surface area contributed by atoms with E-state index < -0.39 is 0 Å². The second-order valence-electron chi connectivity index (χ2n) is 5.62. The number of rotatable bonds is 3. The third kappa shape index (κ3) is 2.94. The zero-order valence-electron chi connectivity index (χ0n) is 13.3. The van der Waals surface area contributed by atoms with Crippen LogP contribution in [0.25, 0.3) is 0 Å². The van der Waals surface area contributed by atoms with Crippen molar-refractivity contribution in [3.63, 3.8) is 0 Å². The van der Waals surface area contributed by atoms with Gasteiger partial charge in [-0.25, -0.2) is 14.9 Å². The minimum Gasteiger partial charge on any atom is -0.243 e. The molecule has 24 heavy (non-hydrogen) atoms. The molecule has 1 heterocycles. The highest BCUT2D eigenvalue weighted by molar-refractivity contribution is 5.92. The Morgan fingerprint density at radius 2 is 1.33 bits per heavy atom. The molecular weight excluding hydrogens is 296 g/mol. The monoisotopic (exact) mass is 315 g/mol. The average molecular weight is 315 g/mol. The third-order valence-electron chi connectivity index (χ3n) is 3.97. The number of nitrogens with zero attached hydrogens (tertiary/aromatic N) is 2. The molecular formula is C20H19N4+. The van der Waals surface area contributed by atoms with E-state index in [1.807, 2.05) is 42.5 Å². The van der Waals surface area contributed by atoms with Crippen molar-refractivity contribution < 1.29 is 4.58 Å². The zero-order valence-corrected chi connectivity index (χ0v) is 13.3. The predicted molar refractivity (Wildman–Crippen MR) is 98.4 cm³/mol. The van der Waals surface area contributed by atoms with E-state index in [2.05, 4.69) is 68.9 Å². The number of hydrazine groups is 1. The lowest BCUT2D eigenvalue weighted by molar-refractivity contribution is -0.430. The molecule has 1 aliphatic heterocycles. The molecule has 0 unspecified atom stereocenters. The molecule has 4 rings (SSSR count). The van der Waals surface area contributed by atoms with Gasteiger partial charge in [0, 0.05) is 0 Å². The van der Waals surface area contributed by atoms with Crippen molar-refractivity contribution >= 4 is 23.0 Å². The Balaban J connectivity index is 1.67. The summed E-state index contributed by atoms with van der Waals surface area (Å²) in [5, 5.41) is 5.60. The van der Waals surface area contributed by atoms with Crippen LogP contribution in [0.5, 0.6) is 0 Å². The van der Waals surface area contributed by atoms with Crippen LogP contribution in [0.1, 0.15) is 0 Å². The van der Waals surface area contributed by atoms with Gasteiger partial charge in [-0.1, -0.05) is 54.6 Å². The summed E-state index contributed by atoms with van der Waals surface area (Å²) in [7, 11) is 0. The molecule has 3 aromatic carbocycles. The number of nitrogens with one attached hydrogen (secondary N) is 2. The van der Waals surface area contributed by atoms with Gasteiger partial charge < -0.3 is 0 Å². The minimum atomic E-state index is 0.725. The van der Waals surface area contributed by atoms with Gasteiger partial charge in [0.05, 0.1) is 11.4 Å². The summed E-state index contributed by atoms with van der Waals surface area (Å²) in [4.78, 5) is 0. The second-order valence-corrected chi connectivity index (χ2v) is 5.62. The summed E-state index contributed by atoms with van der Waals surface area (Å²) < 4.78 is 2.22. The summed E-state index contributed by atoms with van der Waals surface area (Å²) in [6.07, 6.45) is 0. The smallest absolute Gasteiger partial charge is 0.243 e. The molecule has 3 aromatic rings. The molecule has 118 valence electrons. The van der Waals surface area contributed by atoms with E-state index in [-0.39, 0.29) is 0 Å². The molecule has 0 saturated heterocycles. The number of para-hydroxylation sites is 3. The van der Waals surface area contributed by atoms with E-state index in [0.29, 0.717) is 0 Å². The van der Waals surface area contributed by atoms with Gasteiger partial charge in [-0.15, -0.1) is 0 Å². The molecule has 0 aromatic heterocycles. The summed E-state index contributed by atoms with van der Waals surface area (Å²) >= 11 is 0. The molecule has 4 heteroatoms. The Hall–Kier alpha value is -3.27. The second kappa shape index (κ2) is 6.46. The van der Waals surface area contributed by atoms with Crippen LogP contribution < -0.4 is 15.8 Å². The Labute approximate surface area is 141 Å². The number of guanidine groups is 1. The maximum atomic E-state index is 3.48. The van der Waals surface area contributed by atoms with Crippen LogP contribution in [0, 0.1) is 0 Å². The number of benzene rings is 3. The van der Waals surface area contributed by atoms with Crippen molar-refractivity contribution in [2.45, 2.75) is 0 Å². The Morgan fingerprint density at radius 1 is 0.750 bits per heavy atom. The lowest BCUT2D eigenvalue weighted by atomic mass is 10.3. The Morgan fingerprint density at radius 3 is 2.00 bits per heavy atom. The summed E-state index contributed by atoms with van der Waals surface area (Å²) in [6, 6.07) is 30.9. The summed E-state index contributed by atoms with van der Waals surface area (Å²) in [5.41, 5.74) is 6.79. The summed E-state index contributed by atoms with van der Waals surface area (Å²) in [6.45, 7) is 0.725. The van der Waals surface area contributed by atoms with Crippen LogP contribution in [-0.4, -0.2) is 17.2 Å². The van der Waals surface area contributed by atoms with Crippen molar-refractivity contribution in [1.82, 2.24) is 5.43 Å². The Bertz CT molecular complexity index is 829. The van der Waals surface area contributed by atoms with Gasteiger partial charge >= 0.3 is 5.96 Å². The van der Waals surface area contributed by atoms with Gasteiger partial charge in [0.2, 0.25) is 0 Å². The van der Waals surface area contributed by atoms with Crippen LogP contribution in [0.4, 0.5) is 17.1 Å². The van der Waals surface area contributed by atoms with Crippen molar-refractivity contribution in [1.29, 1.82) is 0 Å². The van der Waals surface area contributed by atoms with Gasteiger partial charge in [-0.2, -0.15) is 5.43 Å². The number of anilines is 2. The fourth-order valence-electron chi connectivity index (χ4n) is 2.76. The van der Waals surface area contributed by atoms with Crippen molar-refractivity contribution in [3.8, 4) is 0 Å². The van der Waals surface area contributed by atoms with E-state index in [1.54, 1.807) is 0 Å². The molecule has 2 N–H and O–H groups in total. The first kappa shape index (κ1) is 14.3. The van der Waals surface area contributed by atoms with Gasteiger partial charge in [-0.05, 0) is 36.4 Å². The molecule has 0 aliphatic carbocycles. The third-order valence-corrected chi connectivity index (χ3v) is 3.97. The van der Waals surface area contributed by atoms with Gasteiger partial charge in [0.15, 0.2) is 6.67 Å². The van der Waals surface area contributed by atoms with Gasteiger partial charge in [0.1, 0.15) is 5.69 Å². The van der Waals surface area contributed by atoms with Crippen LogP contribution >= 0.6 is 0 Å². The molecule has 0 amide bonds. The first-order valence-electron chi connectivity index (χ1n) is 8.01. The molecule has 0 radical (unpaired) electrons. The first-order chi connectivity index (χ1) is 11.9. The van der Waals surface area contributed by atoms with E-state index >= 15 is 0 Å². The molecule has 1 aliphatic rings. The van der Waals surface area contributed by atoms with Gasteiger partial charge in [0.25, 0.3) is 0 Å². The highest BCUT2D eigenvalue weighted by Gasteiger charge is 2.29. The fraction of sp³-hybridized carbons (Fsp3) is 0.0500. The molecule has 0 atom stereocenters. The first-order valence-corrected chi connectivity index (χ1v) is 8.01. The molecule has 0 spiro atoms.